The normalized spacial score (nSPS) is 10.9. The van der Waals surface area contributed by atoms with E-state index in [4.69, 9.17) is 15.3 Å². The zero-order valence-electron chi connectivity index (χ0n) is 6.43. The van der Waals surface area contributed by atoms with E-state index in [0.29, 0.717) is 0 Å². The van der Waals surface area contributed by atoms with Gasteiger partial charge < -0.3 is 15.3 Å². The van der Waals surface area contributed by atoms with Crippen molar-refractivity contribution in [3.05, 3.63) is 0 Å². The Morgan fingerprint density at radius 1 is 1.00 bits per heavy atom. The number of hydrogen-bond acceptors (Lipinski definition) is 4. The summed E-state index contributed by atoms with van der Waals surface area (Å²) in [4.78, 5) is 33.4. The van der Waals surface area contributed by atoms with Gasteiger partial charge in [0.2, 0.25) is 0 Å². The fraction of sp³-hybridized carbons (Fsp3) is 0.333. The van der Waals surface area contributed by atoms with Gasteiger partial charge in [0.25, 0.3) is 0 Å². The molecule has 0 spiro atoms. The topological polar surface area (TPSA) is 124 Å². The fourth-order valence-corrected chi connectivity index (χ4v) is 0.505. The Labute approximate surface area is 72.3 Å². The van der Waals surface area contributed by atoms with Crippen molar-refractivity contribution in [1.29, 1.82) is 0 Å². The van der Waals surface area contributed by atoms with Gasteiger partial charge in [0, 0.05) is 0 Å². The number of nitrogens with zero attached hydrogens (tertiary/aromatic N) is 1. The number of rotatable bonds is 5. The van der Waals surface area contributed by atoms with E-state index >= 15 is 0 Å². The van der Waals surface area contributed by atoms with Gasteiger partial charge in [-0.25, -0.2) is 4.79 Å². The van der Waals surface area contributed by atoms with Crippen LogP contribution in [-0.4, -0.2) is 45.5 Å². The largest absolute Gasteiger partial charge is 0.481 e. The Balaban J connectivity index is 4.41. The van der Waals surface area contributed by atoms with Gasteiger partial charge >= 0.3 is 17.9 Å². The number of hydrogen-bond donors (Lipinski definition) is 3. The summed E-state index contributed by atoms with van der Waals surface area (Å²) in [6.07, 6.45) is -0.789. The lowest BCUT2D eigenvalue weighted by Gasteiger charge is -1.95. The van der Waals surface area contributed by atoms with Crippen molar-refractivity contribution in [1.82, 2.24) is 0 Å². The summed E-state index contributed by atoms with van der Waals surface area (Å²) < 4.78 is 0. The van der Waals surface area contributed by atoms with E-state index in [2.05, 4.69) is 4.99 Å². The fourth-order valence-electron chi connectivity index (χ4n) is 0.505. The molecule has 13 heavy (non-hydrogen) atoms. The summed E-state index contributed by atoms with van der Waals surface area (Å²) in [7, 11) is 0. The van der Waals surface area contributed by atoms with Gasteiger partial charge in [0.05, 0.1) is 6.42 Å². The molecule has 0 amide bonds. The van der Waals surface area contributed by atoms with Gasteiger partial charge in [0.15, 0.2) is 0 Å². The van der Waals surface area contributed by atoms with E-state index in [-0.39, 0.29) is 0 Å². The SMILES string of the molecule is O=C(O)C/N=C(/CC(=O)O)C(=O)O. The summed E-state index contributed by atoms with van der Waals surface area (Å²) in [5.74, 6) is -4.21. The molecule has 0 fully saturated rings. The molecule has 0 rings (SSSR count). The molecule has 0 saturated carbocycles. The Kier molecular flexibility index (Phi) is 4.14. The minimum absolute atomic E-state index is 0.671. The molecule has 0 aliphatic carbocycles. The maximum atomic E-state index is 10.3. The molecule has 0 aromatic carbocycles. The number of aliphatic carboxylic acids is 3. The molecule has 0 aromatic rings. The van der Waals surface area contributed by atoms with E-state index in [1.54, 1.807) is 0 Å². The second-order valence-corrected chi connectivity index (χ2v) is 2.03. The molecule has 0 radical (unpaired) electrons. The van der Waals surface area contributed by atoms with E-state index < -0.39 is 36.6 Å². The van der Waals surface area contributed by atoms with Crippen LogP contribution in [0.2, 0.25) is 0 Å². The lowest BCUT2D eigenvalue weighted by Crippen LogP contribution is -2.19. The molecule has 0 heterocycles. The highest BCUT2D eigenvalue weighted by molar-refractivity contribution is 6.38. The van der Waals surface area contributed by atoms with Crippen LogP contribution in [0.3, 0.4) is 0 Å². The monoisotopic (exact) mass is 189 g/mol. The maximum Gasteiger partial charge on any atom is 0.350 e. The Hall–Kier alpha value is -1.92. The van der Waals surface area contributed by atoms with E-state index in [0.717, 1.165) is 0 Å². The Morgan fingerprint density at radius 2 is 1.54 bits per heavy atom. The first-order valence-electron chi connectivity index (χ1n) is 3.13. The first-order valence-corrected chi connectivity index (χ1v) is 3.13. The summed E-state index contributed by atoms with van der Waals surface area (Å²) in [5.41, 5.74) is -0.671. The summed E-state index contributed by atoms with van der Waals surface area (Å²) in [5, 5.41) is 24.7. The highest BCUT2D eigenvalue weighted by atomic mass is 16.4. The minimum atomic E-state index is -1.52. The summed E-state index contributed by atoms with van der Waals surface area (Å²) in [6.45, 7) is -0.741. The molecule has 3 N–H and O–H groups in total. The van der Waals surface area contributed by atoms with Crippen LogP contribution in [0.4, 0.5) is 0 Å². The average molecular weight is 189 g/mol. The van der Waals surface area contributed by atoms with Gasteiger partial charge in [-0.1, -0.05) is 0 Å². The second kappa shape index (κ2) is 4.86. The van der Waals surface area contributed by atoms with Gasteiger partial charge in [0.1, 0.15) is 12.3 Å². The van der Waals surface area contributed by atoms with Crippen LogP contribution in [0.5, 0.6) is 0 Å². The van der Waals surface area contributed by atoms with Crippen molar-refractivity contribution < 1.29 is 29.7 Å². The molecule has 7 nitrogen and oxygen atoms in total. The van der Waals surface area contributed by atoms with Gasteiger partial charge in [-0.05, 0) is 0 Å². The Bertz CT molecular complexity index is 268. The molecular formula is C6H7NO6. The summed E-state index contributed by atoms with van der Waals surface area (Å²) in [6, 6.07) is 0. The number of carboxylic acids is 3. The molecule has 0 aromatic heterocycles. The highest BCUT2D eigenvalue weighted by Gasteiger charge is 2.13. The quantitative estimate of drug-likeness (QED) is 0.480. The molecule has 7 heteroatoms. The minimum Gasteiger partial charge on any atom is -0.481 e. The average Bonchev–Trinajstić information content (AvgIpc) is 1.96. The zero-order chi connectivity index (χ0) is 10.4. The standard InChI is InChI=1S/C6H7NO6/c8-4(9)1-3(6(12)13)7-2-5(10)11/h1-2H2,(H,8,9)(H,10,11)(H,12,13)/b7-3-. The van der Waals surface area contributed by atoms with E-state index in [1.165, 1.54) is 0 Å². The lowest BCUT2D eigenvalue weighted by molar-refractivity contribution is -0.137. The molecular weight excluding hydrogens is 182 g/mol. The van der Waals surface area contributed by atoms with Crippen molar-refractivity contribution >= 4 is 23.6 Å². The van der Waals surface area contributed by atoms with Crippen molar-refractivity contribution in [3.8, 4) is 0 Å². The smallest absolute Gasteiger partial charge is 0.350 e. The number of aliphatic imine (C=N–C) groups is 1. The first kappa shape index (κ1) is 11.1. The van der Waals surface area contributed by atoms with Crippen LogP contribution in [0, 0.1) is 0 Å². The van der Waals surface area contributed by atoms with Crippen LogP contribution in [-0.2, 0) is 14.4 Å². The third-order valence-electron chi connectivity index (χ3n) is 0.971. The Morgan fingerprint density at radius 3 is 1.85 bits per heavy atom. The maximum absolute atomic E-state index is 10.3. The third kappa shape index (κ3) is 5.36. The van der Waals surface area contributed by atoms with E-state index in [1.807, 2.05) is 0 Å². The molecule has 0 unspecified atom stereocenters. The van der Waals surface area contributed by atoms with Crippen molar-refractivity contribution in [2.24, 2.45) is 4.99 Å². The van der Waals surface area contributed by atoms with Gasteiger partial charge in [-0.3, -0.25) is 14.6 Å². The second-order valence-electron chi connectivity index (χ2n) is 2.03. The number of carboxylic acid groups (broad SMARTS) is 3. The van der Waals surface area contributed by atoms with Crippen LogP contribution in [0.1, 0.15) is 6.42 Å². The lowest BCUT2D eigenvalue weighted by atomic mass is 10.3. The molecule has 0 aliphatic heterocycles. The van der Waals surface area contributed by atoms with Crippen LogP contribution < -0.4 is 0 Å². The predicted molar refractivity (Wildman–Crippen MR) is 39.8 cm³/mol. The van der Waals surface area contributed by atoms with E-state index in [9.17, 15) is 14.4 Å². The van der Waals surface area contributed by atoms with Crippen molar-refractivity contribution in [2.75, 3.05) is 6.54 Å². The summed E-state index contributed by atoms with van der Waals surface area (Å²) >= 11 is 0. The van der Waals surface area contributed by atoms with Crippen LogP contribution in [0.25, 0.3) is 0 Å². The molecule has 72 valence electrons. The molecule has 0 aliphatic rings. The van der Waals surface area contributed by atoms with Crippen molar-refractivity contribution in [3.63, 3.8) is 0 Å². The molecule has 0 atom stereocenters. The van der Waals surface area contributed by atoms with Crippen LogP contribution >= 0.6 is 0 Å². The third-order valence-corrected chi connectivity index (χ3v) is 0.971. The highest BCUT2D eigenvalue weighted by Crippen LogP contribution is 1.89. The number of carbonyl (C=O) groups is 3. The van der Waals surface area contributed by atoms with Crippen LogP contribution in [0.15, 0.2) is 4.99 Å². The predicted octanol–water partition coefficient (Wildman–Crippen LogP) is -0.929. The molecule has 0 saturated heterocycles. The van der Waals surface area contributed by atoms with Gasteiger partial charge in [-0.2, -0.15) is 0 Å². The zero-order valence-corrected chi connectivity index (χ0v) is 6.43. The molecule has 0 bridgehead atoms. The van der Waals surface area contributed by atoms with Gasteiger partial charge in [-0.15, -0.1) is 0 Å². The first-order chi connectivity index (χ1) is 5.93. The van der Waals surface area contributed by atoms with Crippen molar-refractivity contribution in [2.45, 2.75) is 6.42 Å².